The molecule has 0 aromatic heterocycles. The Morgan fingerprint density at radius 1 is 0.812 bits per heavy atom. The Morgan fingerprint density at radius 2 is 1.44 bits per heavy atom. The van der Waals surface area contributed by atoms with Crippen LogP contribution in [0.25, 0.3) is 33.0 Å². The van der Waals surface area contributed by atoms with E-state index in [1.165, 1.54) is 55.3 Å². The molecule has 0 unspecified atom stereocenters. The van der Waals surface area contributed by atoms with Gasteiger partial charge in [-0.25, -0.2) is 0 Å². The Kier molecular flexibility index (Phi) is 5.56. The van der Waals surface area contributed by atoms with Crippen LogP contribution in [0.15, 0.2) is 72.8 Å². The van der Waals surface area contributed by atoms with Gasteiger partial charge in [0.05, 0.1) is 0 Å². The van der Waals surface area contributed by atoms with E-state index in [4.69, 9.17) is 22.8 Å². The van der Waals surface area contributed by atoms with Crippen molar-refractivity contribution in [2.45, 2.75) is 37.3 Å². The molecule has 5 rings (SSSR count). The molecule has 0 heterocycles. The Bertz CT molecular complexity index is 1350. The van der Waals surface area contributed by atoms with Gasteiger partial charge >= 0.3 is 203 Å². The molecule has 2 N–H and O–H groups in total. The minimum absolute atomic E-state index is 0.0763. The first-order valence-electron chi connectivity index (χ1n) is 11.1. The molecule has 0 fully saturated rings. The summed E-state index contributed by atoms with van der Waals surface area (Å²) in [4.78, 5) is 0. The van der Waals surface area contributed by atoms with Crippen LogP contribution in [0.3, 0.4) is 0 Å². The van der Waals surface area contributed by atoms with E-state index >= 15 is 0 Å². The molecule has 0 radical (unpaired) electrons. The summed E-state index contributed by atoms with van der Waals surface area (Å²) in [5.41, 5.74) is 10.4. The molecule has 0 aliphatic heterocycles. The van der Waals surface area contributed by atoms with E-state index in [1.807, 2.05) is 0 Å². The number of benzene rings is 4. The van der Waals surface area contributed by atoms with E-state index in [0.29, 0.717) is 4.73 Å². The van der Waals surface area contributed by atoms with Crippen molar-refractivity contribution >= 4 is 29.4 Å². The molecule has 1 aliphatic rings. The molecule has 0 atom stereocenters. The van der Waals surface area contributed by atoms with Gasteiger partial charge in [-0.05, 0) is 0 Å². The maximum atomic E-state index is 6.62. The monoisotopic (exact) mass is 495 g/mol. The van der Waals surface area contributed by atoms with Crippen molar-refractivity contribution in [2.24, 2.45) is 4.22 Å². The number of hydrogen-bond donors (Lipinski definition) is 1. The molecule has 0 saturated carbocycles. The fraction of sp³-hybridized carbons (Fsp3) is 0.214. The Hall–Kier alpha value is -1.61. The maximum absolute atomic E-state index is 6.62. The molecule has 1 aliphatic carbocycles. The second-order valence-corrected chi connectivity index (χ2v) is 19.1. The fourth-order valence-electron chi connectivity index (χ4n) is 5.32. The molecule has 32 heavy (non-hydrogen) atoms. The van der Waals surface area contributed by atoms with Crippen LogP contribution >= 0.6 is 18.6 Å². The van der Waals surface area contributed by atoms with Gasteiger partial charge in [0.15, 0.2) is 0 Å². The summed E-state index contributed by atoms with van der Waals surface area (Å²) >= 11 is -3.45. The van der Waals surface area contributed by atoms with Crippen LogP contribution in [0, 0.1) is 0 Å². The standard InChI is InChI=1S/C28H25.2ClH.H2N.Ti/c1-18-25(16-20-11-6-8-13-22(20)27(18)28(2,3)4)24-15-9-14-23-21-12-7-5-10-19(21)17-26(23)24;;;;/h5-16H,1,17H2,2-4H3;2*1H;1H2;/q;;;-1;+3/p-2. The molecule has 4 heteroatoms. The van der Waals surface area contributed by atoms with Crippen molar-refractivity contribution in [3.05, 3.63) is 95.1 Å². The third kappa shape index (κ3) is 3.96. The van der Waals surface area contributed by atoms with Crippen molar-refractivity contribution in [1.82, 2.24) is 0 Å². The number of nitrogens with two attached hydrogens (primary N) is 1. The van der Waals surface area contributed by atoms with E-state index in [1.54, 1.807) is 0 Å². The topological polar surface area (TPSA) is 26.0 Å². The van der Waals surface area contributed by atoms with Gasteiger partial charge in [0.1, 0.15) is 0 Å². The average Bonchev–Trinajstić information content (AvgIpc) is 3.10. The van der Waals surface area contributed by atoms with Gasteiger partial charge in [-0.1, -0.05) is 0 Å². The second kappa shape index (κ2) is 8.01. The van der Waals surface area contributed by atoms with Crippen LogP contribution < -0.4 is 4.22 Å². The van der Waals surface area contributed by atoms with Crippen LogP contribution in [0.4, 0.5) is 0 Å². The van der Waals surface area contributed by atoms with Crippen molar-refractivity contribution in [3.8, 4) is 22.3 Å². The summed E-state index contributed by atoms with van der Waals surface area (Å²) in [6, 6.07) is 26.3. The fourth-order valence-corrected chi connectivity index (χ4v) is 7.73. The summed E-state index contributed by atoms with van der Waals surface area (Å²) in [7, 11) is 13.2. The van der Waals surface area contributed by atoms with Gasteiger partial charge in [0, 0.05) is 0 Å². The molecule has 4 aromatic carbocycles. The zero-order chi connectivity index (χ0) is 22.7. The van der Waals surface area contributed by atoms with E-state index in [2.05, 4.69) is 93.6 Å². The minimum atomic E-state index is -3.45. The molecule has 0 spiro atoms. The summed E-state index contributed by atoms with van der Waals surface area (Å²) < 4.78 is 6.93. The molecule has 0 amide bonds. The number of fused-ring (bicyclic) bond motifs is 4. The van der Waals surface area contributed by atoms with Gasteiger partial charge in [0.2, 0.25) is 0 Å². The van der Waals surface area contributed by atoms with Crippen LogP contribution in [0.5, 0.6) is 0 Å². The normalized spacial score (nSPS) is 13.3. The van der Waals surface area contributed by atoms with Crippen molar-refractivity contribution in [1.29, 1.82) is 0 Å². The van der Waals surface area contributed by atoms with E-state index < -0.39 is 14.7 Å². The van der Waals surface area contributed by atoms with Crippen molar-refractivity contribution < 1.29 is 14.7 Å². The van der Waals surface area contributed by atoms with Gasteiger partial charge in [0.25, 0.3) is 0 Å². The van der Waals surface area contributed by atoms with Crippen LogP contribution in [-0.2, 0) is 31.3 Å². The molecule has 162 valence electrons. The second-order valence-electron chi connectivity index (χ2n) is 9.85. The first-order chi connectivity index (χ1) is 15.1. The van der Waals surface area contributed by atoms with Crippen LogP contribution in [0.2, 0.25) is 0 Å². The summed E-state index contributed by atoms with van der Waals surface area (Å²) in [5.74, 6) is 0. The molecular weight excluding hydrogens is 469 g/mol. The third-order valence-corrected chi connectivity index (χ3v) is 8.85. The van der Waals surface area contributed by atoms with Crippen LogP contribution in [0.1, 0.15) is 43.0 Å². The summed E-state index contributed by atoms with van der Waals surface area (Å²) in [6.45, 7) is 6.79. The number of rotatable bonds is 3. The molecule has 4 aromatic rings. The number of hydrogen-bond acceptors (Lipinski definition) is 1. The van der Waals surface area contributed by atoms with Crippen LogP contribution in [-0.4, -0.2) is 0 Å². The van der Waals surface area contributed by atoms with E-state index in [-0.39, 0.29) is 5.41 Å². The predicted octanol–water partition coefficient (Wildman–Crippen LogP) is 8.21. The van der Waals surface area contributed by atoms with Gasteiger partial charge < -0.3 is 0 Å². The summed E-state index contributed by atoms with van der Waals surface area (Å²) in [6.07, 6.45) is 0.940. The molecule has 1 nitrogen and oxygen atoms in total. The zero-order valence-corrected chi connectivity index (χ0v) is 21.7. The predicted molar refractivity (Wildman–Crippen MR) is 136 cm³/mol. The molecule has 0 bridgehead atoms. The Labute approximate surface area is 202 Å². The quantitative estimate of drug-likeness (QED) is 0.250. The summed E-state index contributed by atoms with van der Waals surface area (Å²) in [5, 5.41) is 2.50. The van der Waals surface area contributed by atoms with Crippen molar-refractivity contribution in [2.75, 3.05) is 0 Å². The van der Waals surface area contributed by atoms with Gasteiger partial charge in [-0.2, -0.15) is 0 Å². The number of halogens is 2. The molecular formula is C28H27Cl2NTi. The van der Waals surface area contributed by atoms with Gasteiger partial charge in [-0.3, -0.25) is 0 Å². The Balaban J connectivity index is 1.86. The third-order valence-electron chi connectivity index (χ3n) is 6.46. The zero-order valence-electron chi connectivity index (χ0n) is 18.7. The van der Waals surface area contributed by atoms with E-state index in [9.17, 15) is 0 Å². The first-order valence-corrected chi connectivity index (χ1v) is 17.4. The molecule has 0 saturated heterocycles. The van der Waals surface area contributed by atoms with Gasteiger partial charge in [-0.15, -0.1) is 0 Å². The van der Waals surface area contributed by atoms with E-state index in [0.717, 1.165) is 6.42 Å². The SMILES string of the molecule is CC(C)(C)c1c([CH2][Ti]([NH2])([Cl])[Cl])c(-c2cccc3c2Cc2ccccc2-3)cc2ccccc12. The average molecular weight is 496 g/mol. The Morgan fingerprint density at radius 3 is 2.16 bits per heavy atom. The first kappa shape index (κ1) is 22.2. The van der Waals surface area contributed by atoms with Crippen molar-refractivity contribution in [3.63, 3.8) is 0 Å².